The normalized spacial score (nSPS) is 15.1. The first-order valence-electron chi connectivity index (χ1n) is 11.2. The van der Waals surface area contributed by atoms with Gasteiger partial charge in [0, 0.05) is 30.4 Å². The molecule has 0 spiro atoms. The maximum atomic E-state index is 13.1. The van der Waals surface area contributed by atoms with E-state index in [2.05, 4.69) is 5.32 Å². The number of anilines is 1. The average Bonchev–Trinajstić information content (AvgIpc) is 3.00. The number of rotatable bonds is 7. The van der Waals surface area contributed by atoms with Crippen LogP contribution in [-0.2, 0) is 17.9 Å². The topological polar surface area (TPSA) is 77.1 Å². The number of nitrogens with one attached hydrogen (secondary N) is 1. The van der Waals surface area contributed by atoms with Crippen LogP contribution in [0.25, 0.3) is 0 Å². The minimum atomic E-state index is -0.547. The molecule has 0 radical (unpaired) electrons. The van der Waals surface area contributed by atoms with Crippen LogP contribution < -0.4 is 19.5 Å². The Balaban J connectivity index is 1.59. The summed E-state index contributed by atoms with van der Waals surface area (Å²) in [6.45, 7) is 2.80. The highest BCUT2D eigenvalue weighted by Crippen LogP contribution is 2.31. The smallest absolute Gasteiger partial charge is 0.264 e. The van der Waals surface area contributed by atoms with Crippen molar-refractivity contribution in [1.82, 2.24) is 4.90 Å². The summed E-state index contributed by atoms with van der Waals surface area (Å²) < 4.78 is 16.6. The summed E-state index contributed by atoms with van der Waals surface area (Å²) in [5.41, 5.74) is 2.87. The number of amides is 2. The highest BCUT2D eigenvalue weighted by atomic mass is 16.5. The van der Waals surface area contributed by atoms with Crippen molar-refractivity contribution in [2.24, 2.45) is 0 Å². The molecule has 1 atom stereocenters. The van der Waals surface area contributed by atoms with E-state index >= 15 is 0 Å². The number of hydrogen-bond acceptors (Lipinski definition) is 5. The molecule has 0 saturated carbocycles. The van der Waals surface area contributed by atoms with E-state index in [9.17, 15) is 9.59 Å². The number of carbonyl (C=O) groups excluding carboxylic acids is 2. The van der Waals surface area contributed by atoms with Crippen molar-refractivity contribution in [2.75, 3.05) is 19.5 Å². The van der Waals surface area contributed by atoms with Crippen LogP contribution in [0.4, 0.5) is 5.69 Å². The molecule has 0 saturated heterocycles. The molecule has 0 fully saturated rings. The molecule has 7 nitrogen and oxygen atoms in total. The highest BCUT2D eigenvalue weighted by molar-refractivity contribution is 6.06. The molecular formula is C27H28N2O5. The zero-order valence-electron chi connectivity index (χ0n) is 19.5. The van der Waals surface area contributed by atoms with Crippen molar-refractivity contribution >= 4 is 17.5 Å². The van der Waals surface area contributed by atoms with E-state index in [1.165, 1.54) is 7.11 Å². The Morgan fingerprint density at radius 2 is 1.85 bits per heavy atom. The molecule has 4 rings (SSSR count). The molecule has 1 unspecified atom stereocenters. The second-order valence-corrected chi connectivity index (χ2v) is 8.04. The van der Waals surface area contributed by atoms with Crippen molar-refractivity contribution in [3.05, 3.63) is 83.4 Å². The summed E-state index contributed by atoms with van der Waals surface area (Å²) >= 11 is 0. The molecule has 2 amide bonds. The third kappa shape index (κ3) is 4.98. The molecule has 34 heavy (non-hydrogen) atoms. The maximum absolute atomic E-state index is 13.1. The first-order valence-corrected chi connectivity index (χ1v) is 11.2. The Morgan fingerprint density at radius 3 is 2.56 bits per heavy atom. The SMILES string of the molecule is CCC1Oc2ccc(NC(=O)c3ccc(OC)cc3OC)cc2CN(Cc2ccccc2)C1=O. The van der Waals surface area contributed by atoms with E-state index in [1.807, 2.05) is 43.3 Å². The fraction of sp³-hybridized carbons (Fsp3) is 0.259. The molecule has 0 aliphatic carbocycles. The van der Waals surface area contributed by atoms with Crippen LogP contribution in [0.3, 0.4) is 0 Å². The number of fused-ring (bicyclic) bond motifs is 1. The number of carbonyl (C=O) groups is 2. The van der Waals surface area contributed by atoms with Crippen LogP contribution in [0.1, 0.15) is 34.8 Å². The molecule has 3 aromatic carbocycles. The molecule has 3 aromatic rings. The van der Waals surface area contributed by atoms with Gasteiger partial charge in [-0.3, -0.25) is 9.59 Å². The molecule has 176 valence electrons. The zero-order valence-corrected chi connectivity index (χ0v) is 19.5. The lowest BCUT2D eigenvalue weighted by Crippen LogP contribution is -2.38. The van der Waals surface area contributed by atoms with E-state index in [1.54, 1.807) is 42.3 Å². The van der Waals surface area contributed by atoms with Gasteiger partial charge in [0.25, 0.3) is 11.8 Å². The van der Waals surface area contributed by atoms with Gasteiger partial charge >= 0.3 is 0 Å². The van der Waals surface area contributed by atoms with Gasteiger partial charge in [0.15, 0.2) is 6.10 Å². The van der Waals surface area contributed by atoms with Crippen molar-refractivity contribution < 1.29 is 23.8 Å². The summed E-state index contributed by atoms with van der Waals surface area (Å²) in [4.78, 5) is 27.9. The van der Waals surface area contributed by atoms with Crippen LogP contribution in [0.2, 0.25) is 0 Å². The number of methoxy groups -OCH3 is 2. The van der Waals surface area contributed by atoms with Gasteiger partial charge in [0.2, 0.25) is 0 Å². The van der Waals surface area contributed by atoms with E-state index in [0.29, 0.717) is 48.0 Å². The molecule has 1 N–H and O–H groups in total. The lowest BCUT2D eigenvalue weighted by molar-refractivity contribution is -0.139. The van der Waals surface area contributed by atoms with E-state index in [0.717, 1.165) is 11.1 Å². The van der Waals surface area contributed by atoms with Gasteiger partial charge < -0.3 is 24.4 Å². The molecule has 0 bridgehead atoms. The number of benzene rings is 3. The van der Waals surface area contributed by atoms with Gasteiger partial charge in [0.05, 0.1) is 19.8 Å². The lowest BCUT2D eigenvalue weighted by atomic mass is 10.1. The standard InChI is InChI=1S/C27H28N2O5/c1-4-23-27(31)29(16-18-8-6-5-7-9-18)17-19-14-20(10-13-24(19)34-23)28-26(30)22-12-11-21(32-2)15-25(22)33-3/h5-15,23H,4,16-17H2,1-3H3,(H,28,30). The monoisotopic (exact) mass is 460 g/mol. The minimum Gasteiger partial charge on any atom is -0.497 e. The number of nitrogens with zero attached hydrogens (tertiary/aromatic N) is 1. The van der Waals surface area contributed by atoms with Gasteiger partial charge in [-0.2, -0.15) is 0 Å². The molecule has 1 aliphatic heterocycles. The van der Waals surface area contributed by atoms with E-state index in [4.69, 9.17) is 14.2 Å². The van der Waals surface area contributed by atoms with Crippen LogP contribution in [0.5, 0.6) is 17.2 Å². The summed E-state index contributed by atoms with van der Waals surface area (Å²) in [5.74, 6) is 1.31. The van der Waals surface area contributed by atoms with Crippen molar-refractivity contribution in [1.29, 1.82) is 0 Å². The predicted molar refractivity (Wildman–Crippen MR) is 129 cm³/mol. The van der Waals surface area contributed by atoms with Crippen molar-refractivity contribution in [3.8, 4) is 17.2 Å². The number of hydrogen-bond donors (Lipinski definition) is 1. The first kappa shape index (κ1) is 23.2. The predicted octanol–water partition coefficient (Wildman–Crippen LogP) is 4.66. The average molecular weight is 461 g/mol. The van der Waals surface area contributed by atoms with E-state index in [-0.39, 0.29) is 11.8 Å². The molecule has 1 aliphatic rings. The quantitative estimate of drug-likeness (QED) is 0.555. The molecular weight excluding hydrogens is 432 g/mol. The third-order valence-electron chi connectivity index (χ3n) is 5.78. The van der Waals surface area contributed by atoms with Gasteiger partial charge in [0.1, 0.15) is 17.2 Å². The summed E-state index contributed by atoms with van der Waals surface area (Å²) in [6, 6.07) is 20.3. The minimum absolute atomic E-state index is 0.0453. The summed E-state index contributed by atoms with van der Waals surface area (Å²) in [6.07, 6.45) is 0.0215. The second kappa shape index (κ2) is 10.3. The Hall–Kier alpha value is -4.00. The summed E-state index contributed by atoms with van der Waals surface area (Å²) in [5, 5.41) is 2.92. The molecule has 1 heterocycles. The van der Waals surface area contributed by atoms with E-state index < -0.39 is 6.10 Å². The van der Waals surface area contributed by atoms with Gasteiger partial charge in [-0.15, -0.1) is 0 Å². The Morgan fingerprint density at radius 1 is 1.06 bits per heavy atom. The molecule has 7 heteroatoms. The second-order valence-electron chi connectivity index (χ2n) is 8.04. The van der Waals surface area contributed by atoms with Crippen LogP contribution in [0, 0.1) is 0 Å². The van der Waals surface area contributed by atoms with Crippen LogP contribution in [-0.4, -0.2) is 37.0 Å². The van der Waals surface area contributed by atoms with Gasteiger partial charge in [-0.05, 0) is 42.3 Å². The van der Waals surface area contributed by atoms with Crippen molar-refractivity contribution in [3.63, 3.8) is 0 Å². The maximum Gasteiger partial charge on any atom is 0.264 e. The Kier molecular flexibility index (Phi) is 7.01. The fourth-order valence-electron chi connectivity index (χ4n) is 3.97. The van der Waals surface area contributed by atoms with Gasteiger partial charge in [-0.25, -0.2) is 0 Å². The largest absolute Gasteiger partial charge is 0.497 e. The lowest BCUT2D eigenvalue weighted by Gasteiger charge is -2.23. The first-order chi connectivity index (χ1) is 16.5. The number of ether oxygens (including phenoxy) is 3. The molecule has 0 aromatic heterocycles. The highest BCUT2D eigenvalue weighted by Gasteiger charge is 2.30. The third-order valence-corrected chi connectivity index (χ3v) is 5.78. The summed E-state index contributed by atoms with van der Waals surface area (Å²) in [7, 11) is 3.06. The Bertz CT molecular complexity index is 1180. The zero-order chi connectivity index (χ0) is 24.1. The Labute approximate surface area is 199 Å². The van der Waals surface area contributed by atoms with Crippen LogP contribution in [0.15, 0.2) is 66.7 Å². The van der Waals surface area contributed by atoms with Crippen LogP contribution >= 0.6 is 0 Å². The fourth-order valence-corrected chi connectivity index (χ4v) is 3.97. The van der Waals surface area contributed by atoms with Gasteiger partial charge in [-0.1, -0.05) is 37.3 Å². The van der Waals surface area contributed by atoms with Crippen molar-refractivity contribution in [2.45, 2.75) is 32.5 Å².